The molecule has 0 aromatic carbocycles. The fraction of sp³-hybridized carbons (Fsp3) is 0.720. The maximum absolute atomic E-state index is 9.51. The number of ether oxygens (including phenoxy) is 1. The van der Waals surface area contributed by atoms with Crippen molar-refractivity contribution in [1.29, 1.82) is 5.26 Å². The first kappa shape index (κ1) is 29.6. The van der Waals surface area contributed by atoms with Crippen LogP contribution in [0.4, 0.5) is 0 Å². The van der Waals surface area contributed by atoms with Gasteiger partial charge in [0.2, 0.25) is 0 Å². The van der Waals surface area contributed by atoms with Crippen LogP contribution in [0, 0.1) is 17.2 Å². The van der Waals surface area contributed by atoms with Crippen molar-refractivity contribution in [3.05, 3.63) is 24.4 Å². The normalized spacial score (nSPS) is 12.8. The molecular formula is C25H40N2OS4. The molecule has 0 aliphatic heterocycles. The summed E-state index contributed by atoms with van der Waals surface area (Å²) in [5, 5.41) is 11.4. The third kappa shape index (κ3) is 16.2. The molecule has 0 aliphatic rings. The van der Waals surface area contributed by atoms with E-state index in [1.165, 1.54) is 70.0 Å². The number of rotatable bonds is 20. The van der Waals surface area contributed by atoms with Crippen LogP contribution in [0.2, 0.25) is 0 Å². The summed E-state index contributed by atoms with van der Waals surface area (Å²) in [6.07, 6.45) is 16.3. The highest BCUT2D eigenvalue weighted by molar-refractivity contribution is 8.76. The van der Waals surface area contributed by atoms with Crippen molar-refractivity contribution < 1.29 is 4.74 Å². The second-order valence-corrected chi connectivity index (χ2v) is 12.4. The molecule has 0 aliphatic carbocycles. The molecule has 0 saturated heterocycles. The molecule has 3 nitrogen and oxygen atoms in total. The van der Waals surface area contributed by atoms with Crippen molar-refractivity contribution in [3.8, 4) is 6.07 Å². The van der Waals surface area contributed by atoms with Crippen molar-refractivity contribution in [2.45, 2.75) is 94.8 Å². The number of unbranched alkanes of at least 4 members (excludes halogenated alkanes) is 9. The van der Waals surface area contributed by atoms with Crippen LogP contribution in [0.15, 0.2) is 29.4 Å². The maximum atomic E-state index is 9.51. The molecule has 1 rings (SSSR count). The van der Waals surface area contributed by atoms with Crippen LogP contribution in [-0.4, -0.2) is 33.4 Å². The predicted molar refractivity (Wildman–Crippen MR) is 149 cm³/mol. The Bertz CT molecular complexity index is 624. The Morgan fingerprint density at radius 1 is 1.06 bits per heavy atom. The minimum atomic E-state index is -0.298. The van der Waals surface area contributed by atoms with Gasteiger partial charge in [-0.2, -0.15) is 17.0 Å². The second kappa shape index (κ2) is 21.1. The molecule has 1 aromatic heterocycles. The SMILES string of the molecule is CCCCCCCCCCCCSC(C)CC(C#N)C(=S)OCCSSc1ccccn1. The molecule has 7 heteroatoms. The first-order valence-corrected chi connectivity index (χ1v) is 15.8. The van der Waals surface area contributed by atoms with Gasteiger partial charge in [-0.05, 0) is 53.7 Å². The van der Waals surface area contributed by atoms with E-state index in [9.17, 15) is 5.26 Å². The van der Waals surface area contributed by atoms with E-state index in [0.29, 0.717) is 16.9 Å². The van der Waals surface area contributed by atoms with Gasteiger partial charge in [0, 0.05) is 17.2 Å². The molecule has 0 fully saturated rings. The predicted octanol–water partition coefficient (Wildman–Crippen LogP) is 8.74. The second-order valence-electron chi connectivity index (χ2n) is 8.02. The van der Waals surface area contributed by atoms with E-state index < -0.39 is 0 Å². The highest BCUT2D eigenvalue weighted by Crippen LogP contribution is 2.28. The van der Waals surface area contributed by atoms with Gasteiger partial charge in [-0.25, -0.2) is 4.98 Å². The van der Waals surface area contributed by atoms with Crippen LogP contribution in [0.3, 0.4) is 0 Å². The van der Waals surface area contributed by atoms with Gasteiger partial charge in [0.15, 0.2) is 5.05 Å². The van der Waals surface area contributed by atoms with Crippen LogP contribution in [0.1, 0.15) is 84.5 Å². The molecule has 2 atom stereocenters. The number of thioether (sulfide) groups is 1. The third-order valence-corrected chi connectivity index (χ3v) is 9.02. The highest BCUT2D eigenvalue weighted by atomic mass is 33.1. The Hall–Kier alpha value is -0.420. The lowest BCUT2D eigenvalue weighted by Gasteiger charge is -2.16. The fourth-order valence-electron chi connectivity index (χ4n) is 3.25. The Morgan fingerprint density at radius 3 is 2.38 bits per heavy atom. The zero-order chi connectivity index (χ0) is 23.3. The van der Waals surface area contributed by atoms with E-state index in [0.717, 1.165) is 17.2 Å². The van der Waals surface area contributed by atoms with E-state index in [-0.39, 0.29) is 5.92 Å². The average molecular weight is 513 g/mol. The Kier molecular flexibility index (Phi) is 19.6. The average Bonchev–Trinajstić information content (AvgIpc) is 2.81. The van der Waals surface area contributed by atoms with E-state index in [1.807, 2.05) is 30.0 Å². The third-order valence-electron chi connectivity index (χ3n) is 5.10. The van der Waals surface area contributed by atoms with Crippen molar-refractivity contribution >= 4 is 50.6 Å². The van der Waals surface area contributed by atoms with Crippen LogP contribution in [0.25, 0.3) is 0 Å². The smallest absolute Gasteiger partial charge is 0.176 e. The molecular weight excluding hydrogens is 473 g/mol. The number of aromatic nitrogens is 1. The summed E-state index contributed by atoms with van der Waals surface area (Å²) >= 11 is 7.35. The van der Waals surface area contributed by atoms with E-state index in [4.69, 9.17) is 17.0 Å². The van der Waals surface area contributed by atoms with E-state index in [2.05, 4.69) is 24.9 Å². The van der Waals surface area contributed by atoms with Gasteiger partial charge in [0.25, 0.3) is 0 Å². The van der Waals surface area contributed by atoms with Crippen LogP contribution >= 0.6 is 45.6 Å². The zero-order valence-corrected chi connectivity index (χ0v) is 23.1. The first-order valence-electron chi connectivity index (χ1n) is 12.1. The van der Waals surface area contributed by atoms with Crippen LogP contribution in [0.5, 0.6) is 0 Å². The van der Waals surface area contributed by atoms with Gasteiger partial charge >= 0.3 is 0 Å². The molecule has 0 bridgehead atoms. The molecule has 180 valence electrons. The number of hydrogen-bond acceptors (Lipinski definition) is 7. The molecule has 0 radical (unpaired) electrons. The fourth-order valence-corrected chi connectivity index (χ4v) is 6.29. The zero-order valence-electron chi connectivity index (χ0n) is 19.8. The summed E-state index contributed by atoms with van der Waals surface area (Å²) in [7, 11) is 3.32. The molecule has 0 spiro atoms. The lowest BCUT2D eigenvalue weighted by Crippen LogP contribution is -2.19. The largest absolute Gasteiger partial charge is 0.485 e. The van der Waals surface area contributed by atoms with Crippen LogP contribution < -0.4 is 0 Å². The van der Waals surface area contributed by atoms with Crippen molar-refractivity contribution in [2.24, 2.45) is 5.92 Å². The molecule has 1 aromatic rings. The van der Waals surface area contributed by atoms with Crippen molar-refractivity contribution in [2.75, 3.05) is 18.1 Å². The minimum Gasteiger partial charge on any atom is -0.485 e. The van der Waals surface area contributed by atoms with E-state index in [1.54, 1.807) is 27.8 Å². The topological polar surface area (TPSA) is 45.9 Å². The number of nitriles is 1. The molecule has 2 unspecified atom stereocenters. The molecule has 0 amide bonds. The van der Waals surface area contributed by atoms with E-state index >= 15 is 0 Å². The van der Waals surface area contributed by atoms with Crippen LogP contribution in [-0.2, 0) is 4.74 Å². The summed E-state index contributed by atoms with van der Waals surface area (Å²) in [4.78, 5) is 4.28. The molecule has 0 N–H and O–H groups in total. The summed E-state index contributed by atoms with van der Waals surface area (Å²) < 4.78 is 5.69. The maximum Gasteiger partial charge on any atom is 0.176 e. The minimum absolute atomic E-state index is 0.298. The van der Waals surface area contributed by atoms with Gasteiger partial charge in [0.05, 0.1) is 12.7 Å². The lowest BCUT2D eigenvalue weighted by atomic mass is 10.1. The van der Waals surface area contributed by atoms with Crippen molar-refractivity contribution in [1.82, 2.24) is 4.98 Å². The Morgan fingerprint density at radius 2 is 1.75 bits per heavy atom. The number of hydrogen-bond donors (Lipinski definition) is 0. The lowest BCUT2D eigenvalue weighted by molar-refractivity contribution is 0.321. The van der Waals surface area contributed by atoms with Gasteiger partial charge in [-0.3, -0.25) is 0 Å². The van der Waals surface area contributed by atoms with Crippen molar-refractivity contribution in [3.63, 3.8) is 0 Å². The highest BCUT2D eigenvalue weighted by Gasteiger charge is 2.19. The van der Waals surface area contributed by atoms with Gasteiger partial charge < -0.3 is 4.74 Å². The standard InChI is InChI=1S/C25H40N2OS4/c1-3-4-5-6-7-8-9-10-11-14-18-30-22(2)20-23(21-26)25(29)28-17-19-31-32-24-15-12-13-16-27-24/h12-13,15-16,22-23H,3-11,14,17-20H2,1-2H3. The summed E-state index contributed by atoms with van der Waals surface area (Å²) in [6.45, 7) is 5.00. The quantitative estimate of drug-likeness (QED) is 0.0982. The van der Waals surface area contributed by atoms with Gasteiger partial charge in [-0.15, -0.1) is 0 Å². The Labute approximate surface area is 214 Å². The molecule has 1 heterocycles. The number of pyridine rings is 1. The molecule has 0 saturated carbocycles. The summed E-state index contributed by atoms with van der Waals surface area (Å²) in [6, 6.07) is 8.22. The monoisotopic (exact) mass is 512 g/mol. The number of thiocarbonyl (C=S) groups is 1. The van der Waals surface area contributed by atoms with Gasteiger partial charge in [0.1, 0.15) is 10.9 Å². The Balaban J connectivity index is 2.01. The number of nitrogens with zero attached hydrogens (tertiary/aromatic N) is 2. The van der Waals surface area contributed by atoms with Gasteiger partial charge in [-0.1, -0.05) is 88.5 Å². The molecule has 32 heavy (non-hydrogen) atoms. The summed E-state index contributed by atoms with van der Waals surface area (Å²) in [5.74, 6) is 1.68. The summed E-state index contributed by atoms with van der Waals surface area (Å²) in [5.41, 5.74) is 0. The first-order chi connectivity index (χ1) is 15.7.